The molecule has 7 aromatic heterocycles. The summed E-state index contributed by atoms with van der Waals surface area (Å²) in [6.07, 6.45) is 0. The van der Waals surface area contributed by atoms with Crippen LogP contribution in [-0.4, -0.2) is 29.5 Å². The summed E-state index contributed by atoms with van der Waals surface area (Å²) in [6.45, 7) is 39.2. The molecule has 0 bridgehead atoms. The Balaban J connectivity index is 0.843. The van der Waals surface area contributed by atoms with Gasteiger partial charge < -0.3 is 41.5 Å². The molecule has 17 aromatic carbocycles. The molecule has 0 fully saturated rings. The van der Waals surface area contributed by atoms with Crippen molar-refractivity contribution in [1.29, 1.82) is 0 Å². The van der Waals surface area contributed by atoms with Crippen molar-refractivity contribution < 1.29 is 30.8 Å². The summed E-state index contributed by atoms with van der Waals surface area (Å²) in [5.74, 6) is 0. The van der Waals surface area contributed by atoms with Crippen LogP contribution in [-0.2, 0) is 32.5 Å². The van der Waals surface area contributed by atoms with Crippen LogP contribution in [0.25, 0.3) is 181 Å². The molecule has 136 heavy (non-hydrogen) atoms. The topological polar surface area (TPSA) is 57.4 Å². The lowest BCUT2D eigenvalue weighted by atomic mass is 9.33. The number of hydrogen-bond acceptors (Lipinski definition) is 4. The number of para-hydroxylation sites is 8. The smallest absolute Gasteiger partial charge is 0.252 e. The number of aromatic nitrogens is 5. The number of fused-ring (bicyclic) bond motifs is 25. The van der Waals surface area contributed by atoms with E-state index in [4.69, 9.17) is 8.83 Å². The van der Waals surface area contributed by atoms with Crippen molar-refractivity contribution in [2.75, 3.05) is 9.80 Å². The molecular formula is C126H108BN7O2. The molecule has 0 unspecified atom stereocenters. The van der Waals surface area contributed by atoms with Crippen LogP contribution in [0, 0.1) is 0 Å². The predicted octanol–water partition coefficient (Wildman–Crippen LogP) is 32.8. The third-order valence-electron chi connectivity index (χ3n) is 29.3. The summed E-state index contributed by atoms with van der Waals surface area (Å²) >= 11 is 0. The molecule has 0 saturated carbocycles. The highest BCUT2D eigenvalue weighted by atomic mass is 16.3. The first-order valence-corrected chi connectivity index (χ1v) is 47.2. The highest BCUT2D eigenvalue weighted by molar-refractivity contribution is 7.00. The van der Waals surface area contributed by atoms with Crippen LogP contribution >= 0.6 is 0 Å². The van der Waals surface area contributed by atoms with Crippen molar-refractivity contribution in [2.24, 2.45) is 0 Å². The van der Waals surface area contributed by atoms with Gasteiger partial charge in [0.05, 0.1) is 106 Å². The van der Waals surface area contributed by atoms with Crippen LogP contribution in [0.1, 0.15) is 180 Å². The van der Waals surface area contributed by atoms with Gasteiger partial charge in [0.2, 0.25) is 0 Å². The van der Waals surface area contributed by atoms with Crippen LogP contribution < -0.4 is 26.2 Å². The minimum absolute atomic E-state index is 0.112. The lowest BCUT2D eigenvalue weighted by Crippen LogP contribution is -2.61. The van der Waals surface area contributed by atoms with Gasteiger partial charge in [0.25, 0.3) is 6.71 Å². The highest BCUT2D eigenvalue weighted by Crippen LogP contribution is 2.55. The van der Waals surface area contributed by atoms with Gasteiger partial charge in [-0.3, -0.25) is 0 Å². The number of nitrogens with zero attached hydrogens (tertiary/aromatic N) is 7. The molecule has 0 atom stereocenters. The Morgan fingerprint density at radius 2 is 0.449 bits per heavy atom. The Kier molecular flexibility index (Phi) is 13.8. The Morgan fingerprint density at radius 3 is 0.735 bits per heavy atom. The van der Waals surface area contributed by atoms with Crippen molar-refractivity contribution in [3.8, 4) is 28.4 Å². The van der Waals surface area contributed by atoms with Gasteiger partial charge in [-0.1, -0.05) is 294 Å². The number of hydrogen-bond donors (Lipinski definition) is 0. The van der Waals surface area contributed by atoms with E-state index in [0.29, 0.717) is 72.8 Å². The van der Waals surface area contributed by atoms with E-state index < -0.39 is 103 Å². The summed E-state index contributed by atoms with van der Waals surface area (Å²) in [5, 5.41) is 8.85. The zero-order valence-corrected chi connectivity index (χ0v) is 79.5. The number of furan rings is 2. The van der Waals surface area contributed by atoms with Gasteiger partial charge in [-0.05, 0) is 240 Å². The molecule has 0 spiro atoms. The second kappa shape index (κ2) is 28.3. The number of rotatable bonds is 7. The van der Waals surface area contributed by atoms with E-state index in [9.17, 15) is 21.9 Å². The van der Waals surface area contributed by atoms with E-state index in [1.807, 2.05) is 60.7 Å². The van der Waals surface area contributed by atoms with E-state index in [2.05, 4.69) is 318 Å². The maximum Gasteiger partial charge on any atom is 0.252 e. The van der Waals surface area contributed by atoms with Crippen molar-refractivity contribution in [1.82, 2.24) is 22.8 Å². The zero-order chi connectivity index (χ0) is 107. The Hall–Kier alpha value is -15.0. The minimum atomic E-state index is -0.888. The minimum Gasteiger partial charge on any atom is -0.452 e. The van der Waals surface area contributed by atoms with E-state index in [1.165, 1.54) is 15.7 Å². The monoisotopic (exact) mass is 1780 g/mol. The molecule has 9 heterocycles. The molecule has 9 nitrogen and oxygen atoms in total. The molecular weight excluding hydrogens is 1650 g/mol. The first-order valence-electron chi connectivity index (χ1n) is 55.2. The maximum absolute atomic E-state index is 10.4. The molecule has 26 rings (SSSR count). The van der Waals surface area contributed by atoms with Crippen LogP contribution in [0.5, 0.6) is 0 Å². The van der Waals surface area contributed by atoms with Crippen LogP contribution in [0.15, 0.2) is 336 Å². The molecule has 0 N–H and O–H groups in total. The molecule has 0 radical (unpaired) electrons. The SMILES string of the molecule is [2H]c1c([2H])c([2H])c2c(c1[2H])c1c([2H])c([2H])c([2H])c([2H])c1n2-c1ccc2c(c1)N(c1cccc3c1oc1c(-n4c5ccc(C(C)(C)C)cc5c5cc(C(C)(C)C)ccc54)cccc13)c1cc(-n3c4c([2H])c([2H])c([2H])c([2H])c4c4c([2H])c([2H])c([2H])c([2H])c43)cc3c1B2c1ccc(-n2c4ccc(C(C)(C)C)cc4c4cc(C(C)(C)C)ccc42)cc1N3c1cccc2c1oc1c(-n3c4ccc(C(C)(C)C)cc4c4cc(C(C)(C)C)ccc43)cccc12. The van der Waals surface area contributed by atoms with Gasteiger partial charge in [-0.25, -0.2) is 0 Å². The predicted molar refractivity (Wildman–Crippen MR) is 579 cm³/mol. The van der Waals surface area contributed by atoms with Crippen LogP contribution in [0.2, 0.25) is 0 Å². The molecule has 2 aliphatic rings. The van der Waals surface area contributed by atoms with E-state index in [-0.39, 0.29) is 87.5 Å². The first-order chi connectivity index (χ1) is 71.9. The van der Waals surface area contributed by atoms with Crippen molar-refractivity contribution in [2.45, 2.75) is 157 Å². The molecule has 24 aromatic rings. The largest absolute Gasteiger partial charge is 0.452 e. The summed E-state index contributed by atoms with van der Waals surface area (Å²) in [7, 11) is 0. The van der Waals surface area contributed by atoms with Gasteiger partial charge >= 0.3 is 0 Å². The standard InChI is InChI=1S/C126H108BN7O2/c1-121(2,3)73-47-57-102-90(63-73)91-64-74(122(4,5)6)48-58-103(91)129(102)80-54-56-97-113(70-80)134(111-46-30-38-89-87-36-28-44-109(118(87)136-120(89)111)132-106-61-51-77(125(13,14)15)67-94(106)95-68-78(126(16,17)18)52-62-107(95)132)115-72-81(130-100-41-25-21-33-84(100)85-34-22-26-42-101(85)130)71-114-116(115)127(97)96-55-53-79(128-98-39-23-19-31-82(98)83-32-20-24-40-99(83)128)69-112(96)133(114)110-45-29-37-88-86-35-27-43-108(117(86)135-119(88)110)131-104-59-49-75(123(7,8)9)65-92(104)93-66-76(124(10,11)12)50-60-105(93)131/h19-72H,1-18H3/i19D,20D,21D,22D,23D,24D,25D,26D,31D,32D,33D,34D,39D,40D,41D,42D. The van der Waals surface area contributed by atoms with Crippen molar-refractivity contribution in [3.63, 3.8) is 0 Å². The van der Waals surface area contributed by atoms with Crippen molar-refractivity contribution in [3.05, 3.63) is 361 Å². The summed E-state index contributed by atoms with van der Waals surface area (Å²) in [6, 6.07) is 72.4. The van der Waals surface area contributed by atoms with Crippen LogP contribution in [0.3, 0.4) is 0 Å². The normalized spacial score (nSPS) is 15.3. The Morgan fingerprint density at radius 1 is 0.206 bits per heavy atom. The van der Waals surface area contributed by atoms with Gasteiger partial charge in [0.15, 0.2) is 22.3 Å². The number of anilines is 6. The lowest BCUT2D eigenvalue weighted by Gasteiger charge is -2.44. The average Bonchev–Trinajstić information content (AvgIpc) is 1.41. The molecule has 0 amide bonds. The summed E-state index contributed by atoms with van der Waals surface area (Å²) in [5.41, 5.74) is 20.6. The van der Waals surface area contributed by atoms with Gasteiger partial charge in [0, 0.05) is 110 Å². The summed E-state index contributed by atoms with van der Waals surface area (Å²) in [4.78, 5) is 4.32. The summed E-state index contributed by atoms with van der Waals surface area (Å²) < 4.78 is 183. The molecule has 2 aliphatic heterocycles. The lowest BCUT2D eigenvalue weighted by molar-refractivity contribution is 0.590. The van der Waals surface area contributed by atoms with Crippen LogP contribution in [0.4, 0.5) is 34.1 Å². The molecule has 0 saturated heterocycles. The third-order valence-corrected chi connectivity index (χ3v) is 29.3. The molecule has 10 heteroatoms. The maximum atomic E-state index is 10.4. The highest BCUT2D eigenvalue weighted by Gasteiger charge is 2.46. The zero-order valence-electron chi connectivity index (χ0n) is 95.5. The third kappa shape index (κ3) is 11.9. The fourth-order valence-electron chi connectivity index (χ4n) is 22.2. The van der Waals surface area contributed by atoms with Crippen molar-refractivity contribution >= 4 is 210 Å². The second-order valence-corrected chi connectivity index (χ2v) is 43.8. The van der Waals surface area contributed by atoms with E-state index >= 15 is 0 Å². The second-order valence-electron chi connectivity index (χ2n) is 43.8. The average molecular weight is 1780 g/mol. The Labute approximate surface area is 815 Å². The number of benzene rings is 17. The molecule has 0 aliphatic carbocycles. The van der Waals surface area contributed by atoms with Gasteiger partial charge in [0.1, 0.15) is 0 Å². The fraction of sp³-hybridized carbons (Fsp3) is 0.190. The quantitative estimate of drug-likeness (QED) is 0.149. The molecule has 662 valence electrons. The Bertz CT molecular complexity index is 10000. The van der Waals surface area contributed by atoms with Gasteiger partial charge in [-0.2, -0.15) is 0 Å². The van der Waals surface area contributed by atoms with Gasteiger partial charge in [-0.15, -0.1) is 0 Å². The van der Waals surface area contributed by atoms with E-state index in [0.717, 1.165) is 126 Å². The first kappa shape index (κ1) is 66.4. The fourth-order valence-corrected chi connectivity index (χ4v) is 22.2. The van der Waals surface area contributed by atoms with E-state index in [1.54, 1.807) is 4.57 Å².